The summed E-state index contributed by atoms with van der Waals surface area (Å²) in [6, 6.07) is 7.11. The van der Waals surface area contributed by atoms with Gasteiger partial charge in [-0.3, -0.25) is 29.1 Å². The van der Waals surface area contributed by atoms with Crippen LogP contribution in [0.5, 0.6) is 0 Å². The summed E-state index contributed by atoms with van der Waals surface area (Å²) in [7, 11) is 0. The maximum absolute atomic E-state index is 12.8. The molecule has 4 rings (SSSR count). The highest BCUT2D eigenvalue weighted by Gasteiger charge is 2.45. The van der Waals surface area contributed by atoms with Crippen molar-refractivity contribution in [1.29, 1.82) is 0 Å². The third kappa shape index (κ3) is 7.08. The molecule has 34 heavy (non-hydrogen) atoms. The van der Waals surface area contributed by atoms with Crippen molar-refractivity contribution in [2.45, 2.75) is 31.8 Å². The smallest absolute Gasteiger partial charge is 0.290 e. The van der Waals surface area contributed by atoms with Crippen LogP contribution in [0.2, 0.25) is 0 Å². The minimum Gasteiger partial charge on any atom is -0.483 e. The molecule has 2 amide bonds. The molecule has 0 aliphatic carbocycles. The number of carboxylic acid groups (broad SMARTS) is 2. The molecule has 0 radical (unpaired) electrons. The third-order valence-corrected chi connectivity index (χ3v) is 5.01. The van der Waals surface area contributed by atoms with Gasteiger partial charge in [-0.05, 0) is 44.0 Å². The van der Waals surface area contributed by atoms with Gasteiger partial charge in [0, 0.05) is 31.1 Å². The van der Waals surface area contributed by atoms with Crippen molar-refractivity contribution >= 4 is 36.2 Å². The van der Waals surface area contributed by atoms with E-state index in [4.69, 9.17) is 24.6 Å². The number of nitrogens with zero attached hydrogens (tertiary/aromatic N) is 4. The summed E-state index contributed by atoms with van der Waals surface area (Å²) in [6.45, 7) is 2.42. The normalized spacial score (nSPS) is 18.1. The van der Waals surface area contributed by atoms with E-state index in [0.29, 0.717) is 36.5 Å². The highest BCUT2D eigenvalue weighted by Crippen LogP contribution is 2.34. The first kappa shape index (κ1) is 25.9. The zero-order valence-electron chi connectivity index (χ0n) is 18.5. The number of pyridine rings is 2. The number of hydrogen-bond donors (Lipinski definition) is 3. The molecule has 1 unspecified atom stereocenters. The molecule has 1 fully saturated rings. The fourth-order valence-corrected chi connectivity index (χ4v) is 3.55. The molecule has 3 N–H and O–H groups in total. The Labute approximate surface area is 195 Å². The van der Waals surface area contributed by atoms with Gasteiger partial charge in [-0.2, -0.15) is 0 Å². The highest BCUT2D eigenvalue weighted by molar-refractivity contribution is 6.43. The Morgan fingerprint density at radius 1 is 1.18 bits per heavy atom. The van der Waals surface area contributed by atoms with E-state index in [-0.39, 0.29) is 24.8 Å². The molecule has 4 heterocycles. The Hall–Kier alpha value is -4.35. The van der Waals surface area contributed by atoms with Crippen LogP contribution < -0.4 is 5.32 Å². The molecular formula is C22H25N5O7. The lowest BCUT2D eigenvalue weighted by atomic mass is 9.87. The van der Waals surface area contributed by atoms with E-state index in [9.17, 15) is 9.59 Å². The molecule has 2 aromatic heterocycles. The van der Waals surface area contributed by atoms with Crippen LogP contribution in [0.4, 0.5) is 5.69 Å². The molecular weight excluding hydrogens is 446 g/mol. The van der Waals surface area contributed by atoms with E-state index >= 15 is 0 Å². The van der Waals surface area contributed by atoms with Gasteiger partial charge in [0.2, 0.25) is 0 Å². The number of rotatable bonds is 3. The number of anilines is 1. The number of likely N-dealkylation sites (tertiary alicyclic amines) is 1. The number of nitrogens with one attached hydrogen (secondary N) is 1. The van der Waals surface area contributed by atoms with E-state index in [1.165, 1.54) is 0 Å². The molecule has 1 spiro atoms. The average Bonchev–Trinajstić information content (AvgIpc) is 3.24. The largest absolute Gasteiger partial charge is 0.483 e. The summed E-state index contributed by atoms with van der Waals surface area (Å²) >= 11 is 0. The van der Waals surface area contributed by atoms with Crippen LogP contribution >= 0.6 is 0 Å². The minimum absolute atomic E-state index is 0.0802. The van der Waals surface area contributed by atoms with Gasteiger partial charge in [0.1, 0.15) is 5.71 Å². The van der Waals surface area contributed by atoms with E-state index in [1.807, 2.05) is 13.0 Å². The Bertz CT molecular complexity index is 1010. The van der Waals surface area contributed by atoms with Crippen LogP contribution in [0.3, 0.4) is 0 Å². The number of aromatic nitrogens is 2. The zero-order valence-corrected chi connectivity index (χ0v) is 18.5. The number of amides is 2. The van der Waals surface area contributed by atoms with E-state index in [1.54, 1.807) is 41.7 Å². The summed E-state index contributed by atoms with van der Waals surface area (Å²) in [5.74, 6) is -0.389. The first-order valence-corrected chi connectivity index (χ1v) is 10.2. The van der Waals surface area contributed by atoms with Crippen molar-refractivity contribution in [1.82, 2.24) is 14.9 Å². The summed E-state index contributed by atoms with van der Waals surface area (Å²) in [5.41, 5.74) is 1.70. The van der Waals surface area contributed by atoms with Crippen molar-refractivity contribution in [2.24, 2.45) is 5.16 Å². The monoisotopic (exact) mass is 471 g/mol. The Morgan fingerprint density at radius 3 is 2.53 bits per heavy atom. The van der Waals surface area contributed by atoms with Crippen molar-refractivity contribution < 1.29 is 34.2 Å². The van der Waals surface area contributed by atoms with Crippen LogP contribution in [0.1, 0.15) is 35.3 Å². The van der Waals surface area contributed by atoms with Crippen LogP contribution in [-0.4, -0.2) is 74.2 Å². The van der Waals surface area contributed by atoms with Crippen molar-refractivity contribution in [3.8, 4) is 0 Å². The van der Waals surface area contributed by atoms with E-state index < -0.39 is 5.60 Å². The lowest BCUT2D eigenvalue weighted by Crippen LogP contribution is -2.50. The summed E-state index contributed by atoms with van der Waals surface area (Å²) in [6.07, 6.45) is 6.71. The van der Waals surface area contributed by atoms with Gasteiger partial charge in [0.05, 0.1) is 24.0 Å². The van der Waals surface area contributed by atoms with Gasteiger partial charge < -0.3 is 25.3 Å². The lowest BCUT2D eigenvalue weighted by Gasteiger charge is -2.38. The molecule has 12 nitrogen and oxygen atoms in total. The fourth-order valence-electron chi connectivity index (χ4n) is 3.55. The highest BCUT2D eigenvalue weighted by atomic mass is 16.7. The van der Waals surface area contributed by atoms with Gasteiger partial charge >= 0.3 is 0 Å². The maximum Gasteiger partial charge on any atom is 0.290 e. The molecule has 2 aromatic rings. The van der Waals surface area contributed by atoms with Crippen molar-refractivity contribution in [3.05, 3.63) is 54.1 Å². The van der Waals surface area contributed by atoms with Crippen LogP contribution in [0.15, 0.2) is 48.0 Å². The number of aryl methyl sites for hydroxylation is 1. The summed E-state index contributed by atoms with van der Waals surface area (Å²) in [5, 5.41) is 20.6. The van der Waals surface area contributed by atoms with Gasteiger partial charge in [-0.1, -0.05) is 5.16 Å². The first-order valence-electron chi connectivity index (χ1n) is 10.2. The van der Waals surface area contributed by atoms with Crippen molar-refractivity contribution in [3.63, 3.8) is 0 Å². The Balaban J connectivity index is 0.000000618. The molecule has 2 aliphatic rings. The predicted octanol–water partition coefficient (Wildman–Crippen LogP) is 1.58. The minimum atomic E-state index is -0.645. The predicted molar refractivity (Wildman–Crippen MR) is 120 cm³/mol. The quantitative estimate of drug-likeness (QED) is 0.562. The van der Waals surface area contributed by atoms with Crippen LogP contribution in [0, 0.1) is 6.92 Å². The summed E-state index contributed by atoms with van der Waals surface area (Å²) in [4.78, 5) is 57.6. The fraction of sp³-hybridized carbons (Fsp3) is 0.318. The second-order valence-electron chi connectivity index (χ2n) is 7.41. The molecule has 0 saturated carbocycles. The Kier molecular flexibility index (Phi) is 9.62. The van der Waals surface area contributed by atoms with E-state index in [2.05, 4.69) is 20.4 Å². The number of carbonyl (C=O) groups is 4. The first-order chi connectivity index (χ1) is 16.4. The van der Waals surface area contributed by atoms with Crippen molar-refractivity contribution in [2.75, 3.05) is 18.4 Å². The molecule has 0 bridgehead atoms. The van der Waals surface area contributed by atoms with Gasteiger partial charge in [-0.15, -0.1) is 0 Å². The van der Waals surface area contributed by atoms with Crippen LogP contribution in [0.25, 0.3) is 0 Å². The molecule has 0 aromatic carbocycles. The average molecular weight is 471 g/mol. The second-order valence-corrected chi connectivity index (χ2v) is 7.41. The third-order valence-electron chi connectivity index (χ3n) is 5.01. The van der Waals surface area contributed by atoms with Gasteiger partial charge in [0.25, 0.3) is 24.8 Å². The lowest BCUT2D eigenvalue weighted by molar-refractivity contribution is -0.123. The summed E-state index contributed by atoms with van der Waals surface area (Å²) < 4.78 is 0. The van der Waals surface area contributed by atoms with E-state index in [0.717, 1.165) is 18.5 Å². The molecule has 180 valence electrons. The topological polar surface area (TPSA) is 171 Å². The number of hydrogen-bond acceptors (Lipinski definition) is 8. The van der Waals surface area contributed by atoms with Gasteiger partial charge in [-0.25, -0.2) is 0 Å². The maximum atomic E-state index is 12.8. The molecule has 1 saturated heterocycles. The number of oxime groups is 1. The van der Waals surface area contributed by atoms with Crippen LogP contribution in [-0.2, 0) is 19.2 Å². The SMILES string of the molecule is Cc1ccc(C(=O)N2CCCC3(CC(C(=O)Nc4cccnc4)=NO3)C2)cn1.O=CO.O=CO. The van der Waals surface area contributed by atoms with Gasteiger partial charge in [0.15, 0.2) is 5.60 Å². The number of carbonyl (C=O) groups excluding carboxylic acids is 2. The molecule has 2 aliphatic heterocycles. The second kappa shape index (κ2) is 12.6. The zero-order chi connectivity index (χ0) is 25.0. The molecule has 1 atom stereocenters. The Morgan fingerprint density at radius 2 is 1.91 bits per heavy atom. The number of piperidine rings is 1. The molecule has 12 heteroatoms. The standard InChI is InChI=1S/C20H21N5O3.2CH2O2/c1-14-5-6-15(11-22-14)19(27)25-9-3-7-20(13-25)10-17(24-28-20)18(26)23-16-4-2-8-21-12-16;2*2-1-3/h2,4-6,8,11-12H,3,7,9-10,13H2,1H3,(H,23,26);2*1H,(H,2,3).